The highest BCUT2D eigenvalue weighted by molar-refractivity contribution is 6.30. The summed E-state index contributed by atoms with van der Waals surface area (Å²) < 4.78 is 14.6. The third-order valence-corrected chi connectivity index (χ3v) is 6.26. The number of benzene rings is 2. The van der Waals surface area contributed by atoms with E-state index in [2.05, 4.69) is 10.2 Å². The third-order valence-electron chi connectivity index (χ3n) is 6.01. The van der Waals surface area contributed by atoms with Crippen molar-refractivity contribution in [3.05, 3.63) is 70.5 Å². The first kappa shape index (κ1) is 28.1. The van der Waals surface area contributed by atoms with Crippen molar-refractivity contribution in [2.45, 2.75) is 32.4 Å². The fourth-order valence-corrected chi connectivity index (χ4v) is 4.16. The van der Waals surface area contributed by atoms with Crippen molar-refractivity contribution in [2.24, 2.45) is 11.7 Å². The lowest BCUT2D eigenvalue weighted by atomic mass is 10.0. The number of nitrogens with zero attached hydrogens (tertiary/aromatic N) is 2. The van der Waals surface area contributed by atoms with Crippen molar-refractivity contribution in [1.29, 1.82) is 0 Å². The number of nitrogens with one attached hydrogen (secondary N) is 1. The summed E-state index contributed by atoms with van der Waals surface area (Å²) in [4.78, 5) is 28.9. The average Bonchev–Trinajstić information content (AvgIpc) is 2.81. The van der Waals surface area contributed by atoms with Crippen LogP contribution in [0, 0.1) is 11.7 Å². The molecule has 9 heteroatoms. The van der Waals surface area contributed by atoms with Crippen molar-refractivity contribution >= 4 is 35.8 Å². The molecule has 6 nitrogen and oxygen atoms in total. The molecule has 0 bridgehead atoms. The van der Waals surface area contributed by atoms with Crippen LogP contribution in [0.5, 0.6) is 0 Å². The fourth-order valence-electron chi connectivity index (χ4n) is 4.03. The summed E-state index contributed by atoms with van der Waals surface area (Å²) in [5, 5.41) is 3.57. The Morgan fingerprint density at radius 1 is 1.06 bits per heavy atom. The molecule has 0 aliphatic carbocycles. The summed E-state index contributed by atoms with van der Waals surface area (Å²) in [6.07, 6.45) is 0.440. The summed E-state index contributed by atoms with van der Waals surface area (Å²) in [7, 11) is 0. The van der Waals surface area contributed by atoms with E-state index in [1.165, 1.54) is 6.07 Å². The second-order valence-corrected chi connectivity index (χ2v) is 9.17. The molecule has 1 aliphatic rings. The minimum atomic E-state index is -0.634. The van der Waals surface area contributed by atoms with Gasteiger partial charge in [0.05, 0.1) is 12.1 Å². The number of hydrogen-bond donors (Lipinski definition) is 2. The van der Waals surface area contributed by atoms with E-state index in [1.54, 1.807) is 35.2 Å². The van der Waals surface area contributed by atoms with E-state index in [-0.39, 0.29) is 42.0 Å². The Hall–Kier alpha value is -2.19. The lowest BCUT2D eigenvalue weighted by Crippen LogP contribution is -2.55. The van der Waals surface area contributed by atoms with Crippen LogP contribution in [0.1, 0.15) is 31.0 Å². The number of hydrogen-bond acceptors (Lipinski definition) is 4. The van der Waals surface area contributed by atoms with E-state index in [1.807, 2.05) is 26.0 Å². The normalized spacial score (nSPS) is 16.0. The molecule has 0 saturated carbocycles. The molecule has 2 atom stereocenters. The van der Waals surface area contributed by atoms with E-state index >= 15 is 0 Å². The van der Waals surface area contributed by atoms with Gasteiger partial charge in [0, 0.05) is 49.2 Å². The van der Waals surface area contributed by atoms with Gasteiger partial charge < -0.3 is 16.0 Å². The molecule has 1 fully saturated rings. The standard InChI is InChI=1S/C25H32ClFN4O2.ClH/c1-17(2)24(32)29-16-23(20-5-3-4-6-21(20)27)30-11-13-31(14-12-30)25(33)22(28)15-18-7-9-19(26)10-8-18;/h3-10,17,22-23H,11-16,28H2,1-2H3,(H,29,32);1H. The maximum absolute atomic E-state index is 14.6. The molecule has 1 heterocycles. The quantitative estimate of drug-likeness (QED) is 0.570. The van der Waals surface area contributed by atoms with Gasteiger partial charge in [-0.05, 0) is 30.2 Å². The zero-order chi connectivity index (χ0) is 24.0. The van der Waals surface area contributed by atoms with Gasteiger partial charge in [-0.1, -0.05) is 55.8 Å². The SMILES string of the molecule is CC(C)C(=O)NCC(c1ccccc1F)N1CCN(C(=O)C(N)Cc2ccc(Cl)cc2)CC1.Cl. The largest absolute Gasteiger partial charge is 0.354 e. The number of carbonyl (C=O) groups excluding carboxylic acids is 2. The van der Waals surface area contributed by atoms with Crippen LogP contribution in [0.2, 0.25) is 5.02 Å². The van der Waals surface area contributed by atoms with Crippen molar-refractivity contribution < 1.29 is 14.0 Å². The van der Waals surface area contributed by atoms with E-state index in [4.69, 9.17) is 17.3 Å². The zero-order valence-corrected chi connectivity index (χ0v) is 21.1. The molecular formula is C25H33Cl2FN4O2. The Bertz CT molecular complexity index is 950. The van der Waals surface area contributed by atoms with E-state index in [9.17, 15) is 14.0 Å². The van der Waals surface area contributed by atoms with Crippen molar-refractivity contribution in [1.82, 2.24) is 15.1 Å². The molecule has 1 saturated heterocycles. The Morgan fingerprint density at radius 2 is 1.68 bits per heavy atom. The predicted octanol–water partition coefficient (Wildman–Crippen LogP) is 3.43. The zero-order valence-electron chi connectivity index (χ0n) is 19.5. The Balaban J connectivity index is 0.00000408. The minimum absolute atomic E-state index is 0. The third kappa shape index (κ3) is 7.40. The number of nitrogens with two attached hydrogens (primary N) is 1. The fraction of sp³-hybridized carbons (Fsp3) is 0.440. The lowest BCUT2D eigenvalue weighted by molar-refractivity contribution is -0.134. The molecule has 2 aromatic rings. The highest BCUT2D eigenvalue weighted by Crippen LogP contribution is 2.24. The van der Waals surface area contributed by atoms with E-state index in [0.29, 0.717) is 49.7 Å². The average molecular weight is 511 g/mol. The van der Waals surface area contributed by atoms with Crippen LogP contribution in [0.4, 0.5) is 4.39 Å². The molecule has 2 unspecified atom stereocenters. The van der Waals surface area contributed by atoms with Gasteiger partial charge in [0.2, 0.25) is 11.8 Å². The second kappa shape index (κ2) is 13.0. The number of rotatable bonds is 8. The van der Waals surface area contributed by atoms with Crippen LogP contribution in [-0.2, 0) is 16.0 Å². The van der Waals surface area contributed by atoms with E-state index < -0.39 is 6.04 Å². The monoisotopic (exact) mass is 510 g/mol. The van der Waals surface area contributed by atoms with Crippen molar-refractivity contribution in [3.8, 4) is 0 Å². The highest BCUT2D eigenvalue weighted by atomic mass is 35.5. The Kier molecular flexibility index (Phi) is 10.8. The molecule has 1 aliphatic heterocycles. The van der Waals surface area contributed by atoms with Gasteiger partial charge in [0.25, 0.3) is 0 Å². The van der Waals surface area contributed by atoms with Gasteiger partial charge in [-0.15, -0.1) is 12.4 Å². The molecule has 34 heavy (non-hydrogen) atoms. The summed E-state index contributed by atoms with van der Waals surface area (Å²) >= 11 is 5.92. The van der Waals surface area contributed by atoms with Gasteiger partial charge in [0.1, 0.15) is 5.82 Å². The van der Waals surface area contributed by atoms with Gasteiger partial charge in [-0.2, -0.15) is 0 Å². The van der Waals surface area contributed by atoms with Crippen molar-refractivity contribution in [3.63, 3.8) is 0 Å². The second-order valence-electron chi connectivity index (χ2n) is 8.74. The van der Waals surface area contributed by atoms with Crippen LogP contribution in [0.15, 0.2) is 48.5 Å². The molecule has 186 valence electrons. The number of halogens is 3. The Labute approximate surface area is 212 Å². The predicted molar refractivity (Wildman–Crippen MR) is 136 cm³/mol. The maximum Gasteiger partial charge on any atom is 0.239 e. The summed E-state index contributed by atoms with van der Waals surface area (Å²) in [6, 6.07) is 13.0. The van der Waals surface area contributed by atoms with E-state index in [0.717, 1.165) is 5.56 Å². The molecule has 2 amide bonds. The molecule has 3 rings (SSSR count). The molecule has 0 aromatic heterocycles. The molecular weight excluding hydrogens is 478 g/mol. The smallest absolute Gasteiger partial charge is 0.239 e. The van der Waals surface area contributed by atoms with Crippen LogP contribution in [-0.4, -0.2) is 60.4 Å². The summed E-state index contributed by atoms with van der Waals surface area (Å²) in [5.74, 6) is -0.619. The van der Waals surface area contributed by atoms with Crippen LogP contribution in [0.25, 0.3) is 0 Å². The van der Waals surface area contributed by atoms with Crippen molar-refractivity contribution in [2.75, 3.05) is 32.7 Å². The Morgan fingerprint density at radius 3 is 2.26 bits per heavy atom. The first-order chi connectivity index (χ1) is 15.8. The molecule has 0 spiro atoms. The van der Waals surface area contributed by atoms with Crippen LogP contribution >= 0.6 is 24.0 Å². The lowest BCUT2D eigenvalue weighted by Gasteiger charge is -2.40. The summed E-state index contributed by atoms with van der Waals surface area (Å²) in [6.45, 7) is 6.08. The van der Waals surface area contributed by atoms with Gasteiger partial charge in [-0.3, -0.25) is 14.5 Å². The number of amides is 2. The maximum atomic E-state index is 14.6. The number of piperazine rings is 1. The highest BCUT2D eigenvalue weighted by Gasteiger charge is 2.30. The summed E-state index contributed by atoms with van der Waals surface area (Å²) in [5.41, 5.74) is 7.70. The van der Waals surface area contributed by atoms with Gasteiger partial charge >= 0.3 is 0 Å². The number of carbonyl (C=O) groups is 2. The molecule has 0 radical (unpaired) electrons. The van der Waals surface area contributed by atoms with Gasteiger partial charge in [0.15, 0.2) is 0 Å². The van der Waals surface area contributed by atoms with Crippen LogP contribution in [0.3, 0.4) is 0 Å². The minimum Gasteiger partial charge on any atom is -0.354 e. The molecule has 3 N–H and O–H groups in total. The molecule has 2 aromatic carbocycles. The van der Waals surface area contributed by atoms with Crippen LogP contribution < -0.4 is 11.1 Å². The first-order valence-electron chi connectivity index (χ1n) is 11.3. The van der Waals surface area contributed by atoms with Gasteiger partial charge in [-0.25, -0.2) is 4.39 Å². The first-order valence-corrected chi connectivity index (χ1v) is 11.7. The topological polar surface area (TPSA) is 78.7 Å².